The molecule has 0 bridgehead atoms. The Balaban J connectivity index is 1.67. The molecule has 0 saturated carbocycles. The van der Waals surface area contributed by atoms with Crippen molar-refractivity contribution in [3.8, 4) is 11.5 Å². The van der Waals surface area contributed by atoms with Crippen molar-refractivity contribution in [1.29, 1.82) is 0 Å². The van der Waals surface area contributed by atoms with Gasteiger partial charge in [0, 0.05) is 12.0 Å². The summed E-state index contributed by atoms with van der Waals surface area (Å²) in [6, 6.07) is 12.3. The average Bonchev–Trinajstić information content (AvgIpc) is 2.95. The second-order valence-electron chi connectivity index (χ2n) is 5.42. The van der Waals surface area contributed by atoms with E-state index in [1.165, 1.54) is 0 Å². The van der Waals surface area contributed by atoms with Crippen molar-refractivity contribution in [3.63, 3.8) is 0 Å². The van der Waals surface area contributed by atoms with Gasteiger partial charge in [-0.05, 0) is 36.8 Å². The fourth-order valence-corrected chi connectivity index (χ4v) is 3.75. The minimum atomic E-state index is -3.78. The van der Waals surface area contributed by atoms with Crippen LogP contribution in [0.1, 0.15) is 11.1 Å². The summed E-state index contributed by atoms with van der Waals surface area (Å²) in [6.07, 6.45) is 0.270. The monoisotopic (exact) mass is 334 g/mol. The van der Waals surface area contributed by atoms with E-state index < -0.39 is 10.1 Å². The highest BCUT2D eigenvalue weighted by Crippen LogP contribution is 2.32. The van der Waals surface area contributed by atoms with Gasteiger partial charge in [-0.15, -0.1) is 0 Å². The van der Waals surface area contributed by atoms with Crippen LogP contribution in [0, 0.1) is 6.92 Å². The van der Waals surface area contributed by atoms with Crippen LogP contribution in [0.3, 0.4) is 0 Å². The van der Waals surface area contributed by atoms with Crippen molar-refractivity contribution < 1.29 is 22.1 Å². The lowest BCUT2D eigenvalue weighted by atomic mass is 10.1. The van der Waals surface area contributed by atoms with Gasteiger partial charge < -0.3 is 9.47 Å². The van der Waals surface area contributed by atoms with E-state index in [1.54, 1.807) is 38.3 Å². The van der Waals surface area contributed by atoms with Gasteiger partial charge >= 0.3 is 0 Å². The molecule has 0 unspecified atom stereocenters. The smallest absolute Gasteiger partial charge is 0.297 e. The zero-order chi connectivity index (χ0) is 16.4. The molecule has 23 heavy (non-hydrogen) atoms. The fraction of sp³-hybridized carbons (Fsp3) is 0.294. The third kappa shape index (κ3) is 3.33. The Bertz CT molecular complexity index is 813. The van der Waals surface area contributed by atoms with E-state index >= 15 is 0 Å². The molecule has 0 fully saturated rings. The van der Waals surface area contributed by atoms with Gasteiger partial charge in [0.1, 0.15) is 24.2 Å². The Morgan fingerprint density at radius 1 is 1.22 bits per heavy atom. The summed E-state index contributed by atoms with van der Waals surface area (Å²) < 4.78 is 40.7. The van der Waals surface area contributed by atoms with Crippen LogP contribution in [-0.4, -0.2) is 28.2 Å². The van der Waals surface area contributed by atoms with E-state index in [-0.39, 0.29) is 17.6 Å². The molecule has 1 atom stereocenters. The largest absolute Gasteiger partial charge is 0.497 e. The molecule has 0 amide bonds. The SMILES string of the molecule is COc1ccc2c(c1)C[C@H](COS(=O)(=O)c1ccccc1C)O2. The maximum absolute atomic E-state index is 12.3. The molecule has 1 aliphatic heterocycles. The number of rotatable bonds is 5. The predicted molar refractivity (Wildman–Crippen MR) is 85.4 cm³/mol. The number of methoxy groups -OCH3 is 1. The molecule has 1 aliphatic rings. The zero-order valence-corrected chi connectivity index (χ0v) is 13.8. The Hall–Kier alpha value is -2.05. The third-order valence-corrected chi connectivity index (χ3v) is 5.22. The van der Waals surface area contributed by atoms with Gasteiger partial charge in [-0.25, -0.2) is 0 Å². The second kappa shape index (κ2) is 6.22. The molecule has 0 aromatic heterocycles. The molecular formula is C17H18O5S. The molecule has 0 radical (unpaired) electrons. The van der Waals surface area contributed by atoms with Gasteiger partial charge in [0.05, 0.1) is 12.0 Å². The fourth-order valence-electron chi connectivity index (χ4n) is 2.58. The van der Waals surface area contributed by atoms with Crippen molar-refractivity contribution in [3.05, 3.63) is 53.6 Å². The van der Waals surface area contributed by atoms with Gasteiger partial charge in [0.25, 0.3) is 10.1 Å². The number of benzene rings is 2. The summed E-state index contributed by atoms with van der Waals surface area (Å²) in [7, 11) is -2.18. The summed E-state index contributed by atoms with van der Waals surface area (Å²) in [6.45, 7) is 1.72. The lowest BCUT2D eigenvalue weighted by Gasteiger charge is -2.12. The number of fused-ring (bicyclic) bond motifs is 1. The maximum atomic E-state index is 12.3. The van der Waals surface area contributed by atoms with Crippen molar-refractivity contribution in [2.75, 3.05) is 13.7 Å². The van der Waals surface area contributed by atoms with Crippen molar-refractivity contribution in [2.45, 2.75) is 24.3 Å². The van der Waals surface area contributed by atoms with Gasteiger partial charge in [-0.3, -0.25) is 4.18 Å². The quantitative estimate of drug-likeness (QED) is 0.787. The molecule has 5 nitrogen and oxygen atoms in total. The van der Waals surface area contributed by atoms with Crippen LogP contribution in [-0.2, 0) is 20.7 Å². The van der Waals surface area contributed by atoms with Crippen LogP contribution in [0.25, 0.3) is 0 Å². The van der Waals surface area contributed by atoms with E-state index in [1.807, 2.05) is 18.2 Å². The Labute approximate surface area is 135 Å². The van der Waals surface area contributed by atoms with Crippen molar-refractivity contribution in [1.82, 2.24) is 0 Å². The van der Waals surface area contributed by atoms with Crippen LogP contribution < -0.4 is 9.47 Å². The standard InChI is InChI=1S/C17H18O5S/c1-12-5-3-4-6-17(12)23(18,19)21-11-15-10-13-9-14(20-2)7-8-16(13)22-15/h3-9,15H,10-11H2,1-2H3/t15-/m1/s1. The van der Waals surface area contributed by atoms with Gasteiger partial charge in [0.2, 0.25) is 0 Å². The van der Waals surface area contributed by atoms with E-state index in [2.05, 4.69) is 0 Å². The topological polar surface area (TPSA) is 61.8 Å². The first kappa shape index (κ1) is 15.8. The lowest BCUT2D eigenvalue weighted by molar-refractivity contribution is 0.152. The summed E-state index contributed by atoms with van der Waals surface area (Å²) in [5.41, 5.74) is 1.65. The van der Waals surface area contributed by atoms with Crippen molar-refractivity contribution in [2.24, 2.45) is 0 Å². The second-order valence-corrected chi connectivity index (χ2v) is 7.01. The molecule has 0 spiro atoms. The molecule has 0 N–H and O–H groups in total. The highest BCUT2D eigenvalue weighted by Gasteiger charge is 2.26. The lowest BCUT2D eigenvalue weighted by Crippen LogP contribution is -2.23. The van der Waals surface area contributed by atoms with Gasteiger partial charge in [0.15, 0.2) is 0 Å². The first-order chi connectivity index (χ1) is 11.0. The molecule has 6 heteroatoms. The van der Waals surface area contributed by atoms with Crippen LogP contribution >= 0.6 is 0 Å². The maximum Gasteiger partial charge on any atom is 0.297 e. The number of hydrogen-bond donors (Lipinski definition) is 0. The van der Waals surface area contributed by atoms with E-state index in [0.29, 0.717) is 12.0 Å². The van der Waals surface area contributed by atoms with E-state index in [4.69, 9.17) is 13.7 Å². The zero-order valence-electron chi connectivity index (χ0n) is 13.0. The van der Waals surface area contributed by atoms with Gasteiger partial charge in [-0.1, -0.05) is 18.2 Å². The summed E-state index contributed by atoms with van der Waals surface area (Å²) in [5.74, 6) is 1.49. The van der Waals surface area contributed by atoms with Crippen LogP contribution in [0.4, 0.5) is 0 Å². The number of ether oxygens (including phenoxy) is 2. The molecule has 0 aliphatic carbocycles. The number of aryl methyl sites for hydroxylation is 1. The third-order valence-electron chi connectivity index (χ3n) is 3.78. The van der Waals surface area contributed by atoms with E-state index in [0.717, 1.165) is 17.1 Å². The minimum Gasteiger partial charge on any atom is -0.497 e. The van der Waals surface area contributed by atoms with Crippen molar-refractivity contribution >= 4 is 10.1 Å². The summed E-state index contributed by atoms with van der Waals surface area (Å²) >= 11 is 0. The van der Waals surface area contributed by atoms with Gasteiger partial charge in [-0.2, -0.15) is 8.42 Å². The van der Waals surface area contributed by atoms with Crippen LogP contribution in [0.2, 0.25) is 0 Å². The molecule has 2 aromatic rings. The molecule has 3 rings (SSSR count). The number of hydrogen-bond acceptors (Lipinski definition) is 5. The predicted octanol–water partition coefficient (Wildman–Crippen LogP) is 2.71. The molecule has 0 saturated heterocycles. The summed E-state index contributed by atoms with van der Waals surface area (Å²) in [5, 5.41) is 0. The summed E-state index contributed by atoms with van der Waals surface area (Å²) in [4.78, 5) is 0.192. The molecular weight excluding hydrogens is 316 g/mol. The normalized spacial score (nSPS) is 16.7. The molecule has 2 aromatic carbocycles. The first-order valence-electron chi connectivity index (χ1n) is 7.28. The first-order valence-corrected chi connectivity index (χ1v) is 8.69. The highest BCUT2D eigenvalue weighted by molar-refractivity contribution is 7.86. The Morgan fingerprint density at radius 3 is 2.74 bits per heavy atom. The van der Waals surface area contributed by atoms with Crippen LogP contribution in [0.15, 0.2) is 47.4 Å². The molecule has 122 valence electrons. The van der Waals surface area contributed by atoms with E-state index in [9.17, 15) is 8.42 Å². The Morgan fingerprint density at radius 2 is 2.00 bits per heavy atom. The Kier molecular flexibility index (Phi) is 4.28. The molecule has 1 heterocycles. The highest BCUT2D eigenvalue weighted by atomic mass is 32.2. The van der Waals surface area contributed by atoms with Crippen LogP contribution in [0.5, 0.6) is 11.5 Å². The minimum absolute atomic E-state index is 0.0202. The average molecular weight is 334 g/mol.